The molecule has 1 saturated heterocycles. The van der Waals surface area contributed by atoms with Gasteiger partial charge in [0.25, 0.3) is 0 Å². The molecule has 0 bridgehead atoms. The molecule has 2 rings (SSSR count). The molecule has 1 aromatic rings. The van der Waals surface area contributed by atoms with Gasteiger partial charge >= 0.3 is 0 Å². The largest absolute Gasteiger partial charge is 0.379 e. The van der Waals surface area contributed by atoms with Crippen LogP contribution in [0.5, 0.6) is 0 Å². The molecule has 7 heteroatoms. The van der Waals surface area contributed by atoms with E-state index in [2.05, 4.69) is 34.5 Å². The van der Waals surface area contributed by atoms with Crippen LogP contribution in [-0.2, 0) is 16.1 Å². The molecule has 0 saturated carbocycles. The molecular formula is C16H29N5O2. The summed E-state index contributed by atoms with van der Waals surface area (Å²) >= 11 is 0. The van der Waals surface area contributed by atoms with Crippen LogP contribution in [-0.4, -0.2) is 71.6 Å². The van der Waals surface area contributed by atoms with Crippen LogP contribution in [0.1, 0.15) is 20.8 Å². The molecule has 0 aromatic carbocycles. The van der Waals surface area contributed by atoms with E-state index >= 15 is 0 Å². The Balaban J connectivity index is 1.65. The molecule has 0 radical (unpaired) electrons. The van der Waals surface area contributed by atoms with Crippen molar-refractivity contribution in [2.24, 2.45) is 0 Å². The second-order valence-corrected chi connectivity index (χ2v) is 6.70. The summed E-state index contributed by atoms with van der Waals surface area (Å²) in [6.45, 7) is 11.4. The van der Waals surface area contributed by atoms with Crippen molar-refractivity contribution in [3.05, 3.63) is 18.5 Å². The number of rotatable bonds is 8. The first-order chi connectivity index (χ1) is 11.0. The fraction of sp³-hybridized carbons (Fsp3) is 0.750. The number of carbonyl (C=O) groups is 1. The molecule has 130 valence electrons. The van der Waals surface area contributed by atoms with Gasteiger partial charge < -0.3 is 15.4 Å². The molecule has 23 heavy (non-hydrogen) atoms. The van der Waals surface area contributed by atoms with E-state index in [4.69, 9.17) is 4.74 Å². The summed E-state index contributed by atoms with van der Waals surface area (Å²) in [4.78, 5) is 14.4. The van der Waals surface area contributed by atoms with Gasteiger partial charge in [0.2, 0.25) is 5.91 Å². The number of hydrogen-bond donors (Lipinski definition) is 2. The molecule has 0 spiro atoms. The predicted octanol–water partition coefficient (Wildman–Crippen LogP) is 0.0882. The third-order valence-corrected chi connectivity index (χ3v) is 4.22. The first kappa shape index (κ1) is 17.9. The van der Waals surface area contributed by atoms with Gasteiger partial charge in [0.05, 0.1) is 26.3 Å². The number of aromatic nitrogens is 2. The normalized spacial score (nSPS) is 17.9. The van der Waals surface area contributed by atoms with E-state index < -0.39 is 0 Å². The molecule has 1 fully saturated rings. The Kier molecular flexibility index (Phi) is 6.56. The molecule has 2 heterocycles. The lowest BCUT2D eigenvalue weighted by atomic mass is 10.0. The second-order valence-electron chi connectivity index (χ2n) is 6.70. The Morgan fingerprint density at radius 3 is 2.78 bits per heavy atom. The first-order valence-electron chi connectivity index (χ1n) is 8.28. The summed E-state index contributed by atoms with van der Waals surface area (Å²) in [6, 6.07) is 2.08. The van der Waals surface area contributed by atoms with E-state index in [1.807, 2.05) is 23.9 Å². The zero-order chi connectivity index (χ0) is 16.7. The van der Waals surface area contributed by atoms with Crippen molar-refractivity contribution in [2.75, 3.05) is 39.4 Å². The molecule has 1 aromatic heterocycles. The molecule has 0 aliphatic carbocycles. The number of morpholine rings is 1. The highest BCUT2D eigenvalue weighted by Crippen LogP contribution is 2.14. The van der Waals surface area contributed by atoms with E-state index in [-0.39, 0.29) is 17.5 Å². The molecule has 1 amide bonds. The van der Waals surface area contributed by atoms with Gasteiger partial charge in [0.15, 0.2) is 0 Å². The predicted molar refractivity (Wildman–Crippen MR) is 89.2 cm³/mol. The second kappa shape index (κ2) is 8.42. The minimum absolute atomic E-state index is 0.0265. The number of nitrogens with one attached hydrogen (secondary N) is 2. The van der Waals surface area contributed by atoms with E-state index in [0.29, 0.717) is 13.1 Å². The Labute approximate surface area is 138 Å². The minimum Gasteiger partial charge on any atom is -0.379 e. The minimum atomic E-state index is -0.0554. The van der Waals surface area contributed by atoms with Crippen molar-refractivity contribution in [1.29, 1.82) is 0 Å². The van der Waals surface area contributed by atoms with Crippen LogP contribution >= 0.6 is 0 Å². The van der Waals surface area contributed by atoms with Gasteiger partial charge in [-0.15, -0.1) is 0 Å². The average molecular weight is 323 g/mol. The lowest BCUT2D eigenvalue weighted by molar-refractivity contribution is -0.121. The van der Waals surface area contributed by atoms with Crippen LogP contribution in [0.25, 0.3) is 0 Å². The summed E-state index contributed by atoms with van der Waals surface area (Å²) in [5.74, 6) is 0.0265. The summed E-state index contributed by atoms with van der Waals surface area (Å²) < 4.78 is 7.24. The summed E-state index contributed by atoms with van der Waals surface area (Å²) in [5.41, 5.74) is -0.0554. The van der Waals surface area contributed by atoms with Gasteiger partial charge in [-0.05, 0) is 26.8 Å². The fourth-order valence-corrected chi connectivity index (χ4v) is 2.68. The molecule has 1 unspecified atom stereocenters. The molecule has 1 aliphatic rings. The zero-order valence-electron chi connectivity index (χ0n) is 14.4. The average Bonchev–Trinajstić information content (AvgIpc) is 3.05. The maximum Gasteiger partial charge on any atom is 0.234 e. The van der Waals surface area contributed by atoms with Crippen molar-refractivity contribution in [2.45, 2.75) is 38.9 Å². The van der Waals surface area contributed by atoms with Gasteiger partial charge in [-0.3, -0.25) is 14.4 Å². The molecule has 2 N–H and O–H groups in total. The Bertz CT molecular complexity index is 469. The van der Waals surface area contributed by atoms with E-state index in [1.165, 1.54) is 0 Å². The van der Waals surface area contributed by atoms with E-state index in [9.17, 15) is 4.79 Å². The fourth-order valence-electron chi connectivity index (χ4n) is 2.68. The highest BCUT2D eigenvalue weighted by Gasteiger charge is 2.28. The Morgan fingerprint density at radius 2 is 2.13 bits per heavy atom. The first-order valence-corrected chi connectivity index (χ1v) is 8.28. The molecule has 1 atom stereocenters. The number of hydrogen-bond acceptors (Lipinski definition) is 5. The summed E-state index contributed by atoms with van der Waals surface area (Å²) in [5, 5.41) is 10.4. The third kappa shape index (κ3) is 5.93. The van der Waals surface area contributed by atoms with Crippen LogP contribution < -0.4 is 10.6 Å². The van der Waals surface area contributed by atoms with Crippen LogP contribution in [0, 0.1) is 0 Å². The maximum absolute atomic E-state index is 12.0. The number of ether oxygens (including phenoxy) is 1. The monoisotopic (exact) mass is 323 g/mol. The lowest BCUT2D eigenvalue weighted by Crippen LogP contribution is -2.56. The highest BCUT2D eigenvalue weighted by molar-refractivity contribution is 5.78. The SMILES string of the molecule is CC(Cn1cccn1)NCC(=O)NCC(C)(C)N1CCOCC1. The smallest absolute Gasteiger partial charge is 0.234 e. The molecule has 1 aliphatic heterocycles. The number of amides is 1. The lowest BCUT2D eigenvalue weighted by Gasteiger charge is -2.40. The van der Waals surface area contributed by atoms with Crippen LogP contribution in [0.15, 0.2) is 18.5 Å². The maximum atomic E-state index is 12.0. The van der Waals surface area contributed by atoms with Crippen molar-refractivity contribution in [1.82, 2.24) is 25.3 Å². The summed E-state index contributed by atoms with van der Waals surface area (Å²) in [6.07, 6.45) is 3.68. The van der Waals surface area contributed by atoms with Crippen LogP contribution in [0.3, 0.4) is 0 Å². The standard InChI is InChI=1S/C16H29N5O2/c1-14(12-21-6-4-5-19-21)17-11-15(22)18-13-16(2,3)20-7-9-23-10-8-20/h4-6,14,17H,7-13H2,1-3H3,(H,18,22). The quantitative estimate of drug-likeness (QED) is 0.709. The van der Waals surface area contributed by atoms with Gasteiger partial charge in [-0.25, -0.2) is 0 Å². The van der Waals surface area contributed by atoms with Gasteiger partial charge in [0.1, 0.15) is 0 Å². The topological polar surface area (TPSA) is 71.4 Å². The van der Waals surface area contributed by atoms with Gasteiger partial charge in [-0.2, -0.15) is 5.10 Å². The highest BCUT2D eigenvalue weighted by atomic mass is 16.5. The van der Waals surface area contributed by atoms with Crippen molar-refractivity contribution in [3.8, 4) is 0 Å². The Hall–Kier alpha value is -1.44. The van der Waals surface area contributed by atoms with Crippen molar-refractivity contribution in [3.63, 3.8) is 0 Å². The molecular weight excluding hydrogens is 294 g/mol. The zero-order valence-corrected chi connectivity index (χ0v) is 14.4. The molecule has 7 nitrogen and oxygen atoms in total. The van der Waals surface area contributed by atoms with Crippen LogP contribution in [0.2, 0.25) is 0 Å². The van der Waals surface area contributed by atoms with Crippen molar-refractivity contribution >= 4 is 5.91 Å². The van der Waals surface area contributed by atoms with Crippen molar-refractivity contribution < 1.29 is 9.53 Å². The number of carbonyl (C=O) groups excluding carboxylic acids is 1. The third-order valence-electron chi connectivity index (χ3n) is 4.22. The van der Waals surface area contributed by atoms with E-state index in [1.54, 1.807) is 6.20 Å². The Morgan fingerprint density at radius 1 is 1.39 bits per heavy atom. The van der Waals surface area contributed by atoms with Gasteiger partial charge in [-0.1, -0.05) is 0 Å². The number of nitrogens with zero attached hydrogens (tertiary/aromatic N) is 3. The summed E-state index contributed by atoms with van der Waals surface area (Å²) in [7, 11) is 0. The van der Waals surface area contributed by atoms with Gasteiger partial charge in [0, 0.05) is 43.6 Å². The van der Waals surface area contributed by atoms with E-state index in [0.717, 1.165) is 32.8 Å². The van der Waals surface area contributed by atoms with Crippen LogP contribution in [0.4, 0.5) is 0 Å².